The Kier molecular flexibility index (Phi) is 7.44. The zero-order valence-corrected chi connectivity index (χ0v) is 19.1. The van der Waals surface area contributed by atoms with Crippen LogP contribution in [0.1, 0.15) is 35.7 Å². The largest absolute Gasteiger partial charge is 0.497 e. The van der Waals surface area contributed by atoms with Gasteiger partial charge in [-0.1, -0.05) is 31.5 Å². The molecule has 2 aromatic rings. The van der Waals surface area contributed by atoms with Crippen molar-refractivity contribution >= 4 is 23.4 Å². The molecule has 6 nitrogen and oxygen atoms in total. The van der Waals surface area contributed by atoms with Crippen molar-refractivity contribution in [1.29, 1.82) is 0 Å². The molecule has 0 saturated carbocycles. The van der Waals surface area contributed by atoms with Gasteiger partial charge in [-0.05, 0) is 36.2 Å². The van der Waals surface area contributed by atoms with Gasteiger partial charge in [0.05, 0.1) is 20.1 Å². The maximum Gasteiger partial charge on any atom is 0.253 e. The molecule has 1 heterocycles. The molecule has 0 aliphatic carbocycles. The Morgan fingerprint density at radius 2 is 1.81 bits per heavy atom. The van der Waals surface area contributed by atoms with Crippen molar-refractivity contribution < 1.29 is 19.1 Å². The molecule has 166 valence electrons. The van der Waals surface area contributed by atoms with E-state index in [9.17, 15) is 9.59 Å². The van der Waals surface area contributed by atoms with Gasteiger partial charge in [-0.25, -0.2) is 0 Å². The van der Waals surface area contributed by atoms with Gasteiger partial charge in [0.1, 0.15) is 11.5 Å². The Hall–Kier alpha value is -2.73. The number of carbonyl (C=O) groups excluding carboxylic acids is 2. The number of benzene rings is 2. The van der Waals surface area contributed by atoms with Crippen molar-refractivity contribution in [3.8, 4) is 11.5 Å². The van der Waals surface area contributed by atoms with Crippen LogP contribution in [-0.4, -0.2) is 50.6 Å². The molecule has 2 amide bonds. The summed E-state index contributed by atoms with van der Waals surface area (Å²) in [4.78, 5) is 27.9. The van der Waals surface area contributed by atoms with Crippen molar-refractivity contribution in [2.45, 2.75) is 19.8 Å². The first-order valence-electron chi connectivity index (χ1n) is 10.4. The summed E-state index contributed by atoms with van der Waals surface area (Å²) in [5.41, 5.74) is 1.44. The van der Waals surface area contributed by atoms with Crippen molar-refractivity contribution in [1.82, 2.24) is 10.2 Å². The summed E-state index contributed by atoms with van der Waals surface area (Å²) in [6, 6.07) is 12.4. The van der Waals surface area contributed by atoms with Crippen molar-refractivity contribution in [3.05, 3.63) is 58.6 Å². The summed E-state index contributed by atoms with van der Waals surface area (Å²) >= 11 is 5.96. The van der Waals surface area contributed by atoms with Gasteiger partial charge in [0.25, 0.3) is 5.91 Å². The smallest absolute Gasteiger partial charge is 0.253 e. The third-order valence-electron chi connectivity index (χ3n) is 5.56. The number of amides is 2. The Bertz CT molecular complexity index is 930. The lowest BCUT2D eigenvalue weighted by molar-refractivity contribution is -0.125. The fourth-order valence-electron chi connectivity index (χ4n) is 3.89. The lowest BCUT2D eigenvalue weighted by Gasteiger charge is -2.21. The third-order valence-corrected chi connectivity index (χ3v) is 5.81. The predicted octanol–water partition coefficient (Wildman–Crippen LogP) is 3.99. The molecule has 2 aromatic carbocycles. The van der Waals surface area contributed by atoms with Crippen molar-refractivity contribution in [2.75, 3.05) is 33.9 Å². The second-order valence-corrected chi connectivity index (χ2v) is 8.61. The predicted molar refractivity (Wildman–Crippen MR) is 121 cm³/mol. The van der Waals surface area contributed by atoms with Crippen LogP contribution in [0.4, 0.5) is 0 Å². The van der Waals surface area contributed by atoms with E-state index in [1.54, 1.807) is 43.4 Å². The monoisotopic (exact) mass is 444 g/mol. The minimum atomic E-state index is -0.378. The van der Waals surface area contributed by atoms with Crippen LogP contribution >= 0.6 is 11.6 Å². The van der Waals surface area contributed by atoms with Gasteiger partial charge in [-0.15, -0.1) is 0 Å². The number of hydrogen-bond acceptors (Lipinski definition) is 4. The average Bonchev–Trinajstić information content (AvgIpc) is 3.22. The highest BCUT2D eigenvalue weighted by molar-refractivity contribution is 6.30. The standard InChI is InChI=1S/C24H29ClN2O4/c1-15(2)12-26-23(28)21-14-27(24(29)16-5-7-17(25)8-6-16)13-20(21)19-10-9-18(30-3)11-22(19)31-4/h5-11,15,20-21H,12-14H2,1-4H3,(H,26,28)/t20-,21-/m0/s1. The molecule has 1 N–H and O–H groups in total. The van der Waals surface area contributed by atoms with E-state index in [1.807, 2.05) is 18.2 Å². The SMILES string of the molecule is COc1ccc([C@@H]2CN(C(=O)c3ccc(Cl)cc3)C[C@@H]2C(=O)NCC(C)C)c(OC)c1. The number of nitrogens with zero attached hydrogens (tertiary/aromatic N) is 1. The molecule has 0 spiro atoms. The van der Waals surface area contributed by atoms with Gasteiger partial charge in [0, 0.05) is 47.8 Å². The average molecular weight is 445 g/mol. The molecule has 1 aliphatic rings. The Balaban J connectivity index is 1.91. The molecule has 31 heavy (non-hydrogen) atoms. The highest BCUT2D eigenvalue weighted by Gasteiger charge is 2.41. The van der Waals surface area contributed by atoms with Crippen LogP contribution in [0.2, 0.25) is 5.02 Å². The van der Waals surface area contributed by atoms with Gasteiger partial charge < -0.3 is 19.7 Å². The first-order valence-corrected chi connectivity index (χ1v) is 10.8. The number of methoxy groups -OCH3 is 2. The molecule has 0 radical (unpaired) electrons. The summed E-state index contributed by atoms with van der Waals surface area (Å²) in [6.45, 7) is 5.45. The minimum Gasteiger partial charge on any atom is -0.497 e. The Labute approximate surface area is 188 Å². The fourth-order valence-corrected chi connectivity index (χ4v) is 4.01. The molecule has 0 bridgehead atoms. The van der Waals surface area contributed by atoms with Gasteiger partial charge in [-0.3, -0.25) is 9.59 Å². The van der Waals surface area contributed by atoms with E-state index in [0.29, 0.717) is 47.6 Å². The van der Waals surface area contributed by atoms with E-state index in [-0.39, 0.29) is 23.7 Å². The van der Waals surface area contributed by atoms with Crippen LogP contribution < -0.4 is 14.8 Å². The summed E-state index contributed by atoms with van der Waals surface area (Å²) in [5, 5.41) is 3.60. The van der Waals surface area contributed by atoms with Crippen LogP contribution in [-0.2, 0) is 4.79 Å². The van der Waals surface area contributed by atoms with Crippen LogP contribution in [0.15, 0.2) is 42.5 Å². The summed E-state index contributed by atoms with van der Waals surface area (Å²) in [6.07, 6.45) is 0. The molecular weight excluding hydrogens is 416 g/mol. The molecular formula is C24H29ClN2O4. The highest BCUT2D eigenvalue weighted by Crippen LogP contribution is 2.39. The van der Waals surface area contributed by atoms with Crippen molar-refractivity contribution in [3.63, 3.8) is 0 Å². The zero-order chi connectivity index (χ0) is 22.5. The van der Waals surface area contributed by atoms with Gasteiger partial charge in [0.15, 0.2) is 0 Å². The maximum atomic E-state index is 13.1. The number of likely N-dealkylation sites (tertiary alicyclic amines) is 1. The summed E-state index contributed by atoms with van der Waals surface area (Å²) in [5.74, 6) is 0.921. The van der Waals surface area contributed by atoms with Gasteiger partial charge in [-0.2, -0.15) is 0 Å². The molecule has 3 rings (SSSR count). The second kappa shape index (κ2) is 10.1. The molecule has 7 heteroatoms. The lowest BCUT2D eigenvalue weighted by atomic mass is 9.87. The molecule has 2 atom stereocenters. The van der Waals surface area contributed by atoms with E-state index in [2.05, 4.69) is 19.2 Å². The van der Waals surface area contributed by atoms with E-state index >= 15 is 0 Å². The van der Waals surface area contributed by atoms with Crippen molar-refractivity contribution in [2.24, 2.45) is 11.8 Å². The number of ether oxygens (including phenoxy) is 2. The number of halogens is 1. The first kappa shape index (κ1) is 22.9. The summed E-state index contributed by atoms with van der Waals surface area (Å²) < 4.78 is 10.9. The molecule has 0 unspecified atom stereocenters. The molecule has 0 aromatic heterocycles. The topological polar surface area (TPSA) is 67.9 Å². The van der Waals surface area contributed by atoms with E-state index < -0.39 is 0 Å². The third kappa shape index (κ3) is 5.31. The Morgan fingerprint density at radius 1 is 1.10 bits per heavy atom. The van der Waals surface area contributed by atoms with Crippen LogP contribution in [0, 0.1) is 11.8 Å². The Morgan fingerprint density at radius 3 is 2.42 bits per heavy atom. The molecule has 1 saturated heterocycles. The normalized spacial score (nSPS) is 18.2. The molecule has 1 aliphatic heterocycles. The van der Waals surface area contributed by atoms with E-state index in [1.165, 1.54) is 0 Å². The van der Waals surface area contributed by atoms with Crippen LogP contribution in [0.5, 0.6) is 11.5 Å². The second-order valence-electron chi connectivity index (χ2n) is 8.18. The van der Waals surface area contributed by atoms with Crippen LogP contribution in [0.25, 0.3) is 0 Å². The maximum absolute atomic E-state index is 13.1. The lowest BCUT2D eigenvalue weighted by Crippen LogP contribution is -2.37. The molecule has 1 fully saturated rings. The minimum absolute atomic E-state index is 0.0528. The highest BCUT2D eigenvalue weighted by atomic mass is 35.5. The van der Waals surface area contributed by atoms with E-state index in [0.717, 1.165) is 5.56 Å². The number of carbonyl (C=O) groups is 2. The number of hydrogen-bond donors (Lipinski definition) is 1. The number of nitrogens with one attached hydrogen (secondary N) is 1. The van der Waals surface area contributed by atoms with E-state index in [4.69, 9.17) is 21.1 Å². The fraction of sp³-hybridized carbons (Fsp3) is 0.417. The van der Waals surface area contributed by atoms with Gasteiger partial charge >= 0.3 is 0 Å². The zero-order valence-electron chi connectivity index (χ0n) is 18.4. The quantitative estimate of drug-likeness (QED) is 0.701. The number of rotatable bonds is 7. The summed E-state index contributed by atoms with van der Waals surface area (Å²) in [7, 11) is 3.19. The van der Waals surface area contributed by atoms with Gasteiger partial charge in [0.2, 0.25) is 5.91 Å². The van der Waals surface area contributed by atoms with Crippen LogP contribution in [0.3, 0.4) is 0 Å². The first-order chi connectivity index (χ1) is 14.8.